The Morgan fingerprint density at radius 1 is 1.50 bits per heavy atom. The van der Waals surface area contributed by atoms with Crippen LogP contribution >= 0.6 is 0 Å². The molecule has 0 spiro atoms. The van der Waals surface area contributed by atoms with Crippen LogP contribution in [0.25, 0.3) is 0 Å². The van der Waals surface area contributed by atoms with Crippen molar-refractivity contribution in [3.8, 4) is 0 Å². The third-order valence-electron chi connectivity index (χ3n) is 2.99. The molecule has 1 aromatic heterocycles. The molecule has 0 bridgehead atoms. The number of hydrogen-bond donors (Lipinski definition) is 2. The highest BCUT2D eigenvalue weighted by atomic mass is 16.5. The molecule has 0 aliphatic rings. The highest BCUT2D eigenvalue weighted by Crippen LogP contribution is 2.23. The summed E-state index contributed by atoms with van der Waals surface area (Å²) >= 11 is 0. The van der Waals surface area contributed by atoms with Crippen molar-refractivity contribution in [1.82, 2.24) is 10.1 Å². The van der Waals surface area contributed by atoms with Gasteiger partial charge in [0.2, 0.25) is 11.8 Å². The van der Waals surface area contributed by atoms with Gasteiger partial charge in [0, 0.05) is 24.6 Å². The van der Waals surface area contributed by atoms with Crippen LogP contribution in [-0.4, -0.2) is 47.3 Å². The summed E-state index contributed by atoms with van der Waals surface area (Å²) in [5, 5.41) is 15.5. The monoisotopic (exact) mass is 283 g/mol. The van der Waals surface area contributed by atoms with E-state index in [1.807, 2.05) is 32.6 Å². The van der Waals surface area contributed by atoms with Crippen LogP contribution in [0.3, 0.4) is 0 Å². The lowest BCUT2D eigenvalue weighted by molar-refractivity contribution is -0.117. The molecule has 0 atom stereocenters. The number of anilines is 1. The van der Waals surface area contributed by atoms with Crippen LogP contribution in [0.2, 0.25) is 0 Å². The van der Waals surface area contributed by atoms with Gasteiger partial charge >= 0.3 is 0 Å². The fourth-order valence-electron chi connectivity index (χ4n) is 1.71. The molecular formula is C14H25N3O3. The summed E-state index contributed by atoms with van der Waals surface area (Å²) in [6, 6.07) is 1.75. The van der Waals surface area contributed by atoms with E-state index in [1.165, 1.54) is 0 Å². The highest BCUT2D eigenvalue weighted by molar-refractivity contribution is 5.90. The van der Waals surface area contributed by atoms with Gasteiger partial charge in [-0.15, -0.1) is 0 Å². The molecule has 2 N–H and O–H groups in total. The molecule has 0 fully saturated rings. The minimum absolute atomic E-state index is 0.108. The molecule has 0 unspecified atom stereocenters. The Hall–Kier alpha value is -1.40. The molecule has 0 aliphatic carbocycles. The fourth-order valence-corrected chi connectivity index (χ4v) is 1.71. The third kappa shape index (κ3) is 5.30. The van der Waals surface area contributed by atoms with E-state index in [0.717, 1.165) is 12.2 Å². The van der Waals surface area contributed by atoms with Gasteiger partial charge in [0.1, 0.15) is 0 Å². The van der Waals surface area contributed by atoms with Gasteiger partial charge in [-0.3, -0.25) is 15.0 Å². The molecular weight excluding hydrogens is 258 g/mol. The number of amides is 1. The first-order valence-corrected chi connectivity index (χ1v) is 6.97. The fraction of sp³-hybridized carbons (Fsp3) is 0.714. The van der Waals surface area contributed by atoms with Crippen molar-refractivity contribution < 1.29 is 14.4 Å². The smallest absolute Gasteiger partial charge is 0.240 e. The van der Waals surface area contributed by atoms with Crippen molar-refractivity contribution in [3.63, 3.8) is 0 Å². The zero-order valence-electron chi connectivity index (χ0n) is 12.8. The van der Waals surface area contributed by atoms with Gasteiger partial charge in [-0.2, -0.15) is 0 Å². The highest BCUT2D eigenvalue weighted by Gasteiger charge is 2.20. The Morgan fingerprint density at radius 2 is 2.20 bits per heavy atom. The zero-order valence-corrected chi connectivity index (χ0v) is 12.8. The predicted octanol–water partition coefficient (Wildman–Crippen LogP) is 1.61. The van der Waals surface area contributed by atoms with Gasteiger partial charge in [0.05, 0.1) is 12.2 Å². The summed E-state index contributed by atoms with van der Waals surface area (Å²) in [6.07, 6.45) is 0.664. The van der Waals surface area contributed by atoms with E-state index in [9.17, 15) is 4.79 Å². The van der Waals surface area contributed by atoms with Crippen LogP contribution in [0, 0.1) is 0 Å². The lowest BCUT2D eigenvalue weighted by Gasteiger charge is -2.18. The summed E-state index contributed by atoms with van der Waals surface area (Å²) in [7, 11) is 0. The van der Waals surface area contributed by atoms with Crippen molar-refractivity contribution in [3.05, 3.63) is 11.8 Å². The molecule has 0 radical (unpaired) electrons. The number of aromatic nitrogens is 1. The van der Waals surface area contributed by atoms with E-state index in [-0.39, 0.29) is 24.5 Å². The van der Waals surface area contributed by atoms with Gasteiger partial charge < -0.3 is 9.63 Å². The first-order valence-electron chi connectivity index (χ1n) is 6.97. The van der Waals surface area contributed by atoms with Crippen molar-refractivity contribution >= 4 is 11.8 Å². The van der Waals surface area contributed by atoms with Crippen molar-refractivity contribution in [2.24, 2.45) is 0 Å². The average molecular weight is 283 g/mol. The van der Waals surface area contributed by atoms with E-state index in [1.54, 1.807) is 6.07 Å². The van der Waals surface area contributed by atoms with E-state index < -0.39 is 0 Å². The lowest BCUT2D eigenvalue weighted by Crippen LogP contribution is -2.34. The van der Waals surface area contributed by atoms with Gasteiger partial charge in [0.15, 0.2) is 0 Å². The summed E-state index contributed by atoms with van der Waals surface area (Å²) in [5.41, 5.74) is 0.698. The second-order valence-electron chi connectivity index (χ2n) is 5.82. The number of carbonyl (C=O) groups excluding carboxylic acids is 1. The minimum atomic E-state index is -0.138. The van der Waals surface area contributed by atoms with Crippen molar-refractivity contribution in [2.75, 3.05) is 31.6 Å². The SMILES string of the molecule is CCN(CCCO)CC(=O)Nc1cc(C(C)(C)C)no1. The van der Waals surface area contributed by atoms with E-state index in [2.05, 4.69) is 10.5 Å². The van der Waals surface area contributed by atoms with Gasteiger partial charge in [-0.25, -0.2) is 0 Å². The number of aliphatic hydroxyl groups excluding tert-OH is 1. The molecule has 1 rings (SSSR count). The van der Waals surface area contributed by atoms with Gasteiger partial charge in [0.25, 0.3) is 0 Å². The van der Waals surface area contributed by atoms with Crippen LogP contribution in [-0.2, 0) is 10.2 Å². The number of likely N-dealkylation sites (N-methyl/N-ethyl adjacent to an activating group) is 1. The Morgan fingerprint density at radius 3 is 2.70 bits per heavy atom. The van der Waals surface area contributed by atoms with Crippen molar-refractivity contribution in [2.45, 2.75) is 39.5 Å². The topological polar surface area (TPSA) is 78.6 Å². The number of hydrogen-bond acceptors (Lipinski definition) is 5. The quantitative estimate of drug-likeness (QED) is 0.795. The zero-order chi connectivity index (χ0) is 15.2. The summed E-state index contributed by atoms with van der Waals surface area (Å²) in [6.45, 7) is 9.95. The van der Waals surface area contributed by atoms with Crippen molar-refractivity contribution in [1.29, 1.82) is 0 Å². The Kier molecular flexibility index (Phi) is 6.16. The second-order valence-corrected chi connectivity index (χ2v) is 5.82. The maximum absolute atomic E-state index is 11.9. The molecule has 0 saturated carbocycles. The van der Waals surface area contributed by atoms with Crippen LogP contribution < -0.4 is 5.32 Å². The third-order valence-corrected chi connectivity index (χ3v) is 2.99. The molecule has 0 aromatic carbocycles. The van der Waals surface area contributed by atoms with E-state index in [4.69, 9.17) is 9.63 Å². The maximum Gasteiger partial charge on any atom is 0.240 e. The van der Waals surface area contributed by atoms with Crippen LogP contribution in [0.15, 0.2) is 10.6 Å². The van der Waals surface area contributed by atoms with Crippen LogP contribution in [0.4, 0.5) is 5.88 Å². The predicted molar refractivity (Wildman–Crippen MR) is 77.6 cm³/mol. The molecule has 0 saturated heterocycles. The maximum atomic E-state index is 11.9. The normalized spacial score (nSPS) is 11.9. The number of aliphatic hydroxyl groups is 1. The molecule has 6 heteroatoms. The van der Waals surface area contributed by atoms with Gasteiger partial charge in [-0.05, 0) is 13.0 Å². The summed E-state index contributed by atoms with van der Waals surface area (Å²) in [5.74, 6) is 0.236. The number of nitrogens with one attached hydrogen (secondary N) is 1. The van der Waals surface area contributed by atoms with Crippen LogP contribution in [0.5, 0.6) is 0 Å². The van der Waals surface area contributed by atoms with E-state index >= 15 is 0 Å². The molecule has 114 valence electrons. The first-order chi connectivity index (χ1) is 9.36. The first kappa shape index (κ1) is 16.7. The molecule has 1 heterocycles. The van der Waals surface area contributed by atoms with Gasteiger partial charge in [-0.1, -0.05) is 32.9 Å². The Labute approximate surface area is 120 Å². The summed E-state index contributed by atoms with van der Waals surface area (Å²) in [4.78, 5) is 13.9. The molecule has 1 amide bonds. The van der Waals surface area contributed by atoms with E-state index in [0.29, 0.717) is 18.8 Å². The Bertz CT molecular complexity index is 424. The Balaban J connectivity index is 2.51. The average Bonchev–Trinajstić information content (AvgIpc) is 2.82. The number of rotatable bonds is 7. The molecule has 20 heavy (non-hydrogen) atoms. The summed E-state index contributed by atoms with van der Waals surface area (Å²) < 4.78 is 5.12. The minimum Gasteiger partial charge on any atom is -0.396 e. The molecule has 6 nitrogen and oxygen atoms in total. The largest absolute Gasteiger partial charge is 0.396 e. The number of carbonyl (C=O) groups is 1. The van der Waals surface area contributed by atoms with Crippen LogP contribution in [0.1, 0.15) is 39.8 Å². The molecule has 1 aromatic rings. The second kappa shape index (κ2) is 7.40. The number of nitrogens with zero attached hydrogens (tertiary/aromatic N) is 2. The lowest BCUT2D eigenvalue weighted by atomic mass is 9.92. The standard InChI is InChI=1S/C14H25N3O3/c1-5-17(7-6-8-18)10-12(19)15-13-9-11(16-20-13)14(2,3)4/h9,18H,5-8,10H2,1-4H3,(H,15,19). The molecule has 0 aliphatic heterocycles.